The maximum Gasteiger partial charge on any atom is 0.288 e. The molecule has 0 amide bonds. The van der Waals surface area contributed by atoms with Gasteiger partial charge in [-0.3, -0.25) is 10.1 Å². The zero-order chi connectivity index (χ0) is 11.3. The van der Waals surface area contributed by atoms with Gasteiger partial charge in [0.1, 0.15) is 12.8 Å². The van der Waals surface area contributed by atoms with Crippen LogP contribution in [0.2, 0.25) is 0 Å². The van der Waals surface area contributed by atoms with Crippen LogP contribution in [0.25, 0.3) is 0 Å². The van der Waals surface area contributed by atoms with Crippen molar-refractivity contribution in [3.05, 3.63) is 27.9 Å². The van der Waals surface area contributed by atoms with Crippen LogP contribution in [0.15, 0.2) is 12.3 Å². The maximum atomic E-state index is 10.4. The van der Waals surface area contributed by atoms with Crippen LogP contribution in [0.1, 0.15) is 5.56 Å². The van der Waals surface area contributed by atoms with Crippen molar-refractivity contribution in [1.29, 1.82) is 0 Å². The lowest BCUT2D eigenvalue weighted by Gasteiger charge is -2.06. The van der Waals surface area contributed by atoms with Crippen LogP contribution in [-0.2, 0) is 0 Å². The first-order chi connectivity index (χ1) is 7.15. The Bertz CT molecular complexity index is 354. The van der Waals surface area contributed by atoms with Gasteiger partial charge in [-0.15, -0.1) is 0 Å². The Morgan fingerprint density at radius 1 is 1.67 bits per heavy atom. The summed E-state index contributed by atoms with van der Waals surface area (Å²) in [6.07, 6.45) is 1.20. The number of pyridine rings is 1. The summed E-state index contributed by atoms with van der Waals surface area (Å²) in [7, 11) is 1.82. The Kier molecular flexibility index (Phi) is 3.99. The van der Waals surface area contributed by atoms with Crippen molar-refractivity contribution in [2.45, 2.75) is 6.92 Å². The van der Waals surface area contributed by atoms with Crippen LogP contribution in [-0.4, -0.2) is 30.1 Å². The van der Waals surface area contributed by atoms with Crippen LogP contribution in [0, 0.1) is 17.0 Å². The molecule has 0 aliphatic rings. The normalized spacial score (nSPS) is 10.0. The standard InChI is InChI=1S/C9H13N3O3/c1-7-5-8(12(13)14)6-11-9(7)15-4-3-10-2/h5-6,10H,3-4H2,1-2H3. The molecule has 0 saturated heterocycles. The largest absolute Gasteiger partial charge is 0.476 e. The third kappa shape index (κ3) is 3.17. The summed E-state index contributed by atoms with van der Waals surface area (Å²) in [6.45, 7) is 2.93. The minimum Gasteiger partial charge on any atom is -0.476 e. The molecule has 0 aliphatic carbocycles. The second kappa shape index (κ2) is 5.26. The van der Waals surface area contributed by atoms with Gasteiger partial charge in [0.15, 0.2) is 0 Å². The van der Waals surface area contributed by atoms with Crippen molar-refractivity contribution >= 4 is 5.69 Å². The van der Waals surface area contributed by atoms with Gasteiger partial charge in [0, 0.05) is 18.2 Å². The summed E-state index contributed by atoms with van der Waals surface area (Å²) >= 11 is 0. The van der Waals surface area contributed by atoms with Crippen molar-refractivity contribution in [2.24, 2.45) is 0 Å². The molecule has 1 heterocycles. The molecule has 15 heavy (non-hydrogen) atoms. The Morgan fingerprint density at radius 3 is 2.93 bits per heavy atom. The highest BCUT2D eigenvalue weighted by Crippen LogP contribution is 2.19. The summed E-state index contributed by atoms with van der Waals surface area (Å²) in [6, 6.07) is 1.45. The molecule has 0 atom stereocenters. The highest BCUT2D eigenvalue weighted by Gasteiger charge is 2.09. The van der Waals surface area contributed by atoms with Crippen molar-refractivity contribution < 1.29 is 9.66 Å². The molecule has 1 rings (SSSR count). The zero-order valence-electron chi connectivity index (χ0n) is 8.69. The highest BCUT2D eigenvalue weighted by molar-refractivity contribution is 5.36. The van der Waals surface area contributed by atoms with Crippen molar-refractivity contribution in [2.75, 3.05) is 20.2 Å². The molecule has 0 bridgehead atoms. The molecule has 0 radical (unpaired) electrons. The number of hydrogen-bond donors (Lipinski definition) is 1. The monoisotopic (exact) mass is 211 g/mol. The van der Waals surface area contributed by atoms with Gasteiger partial charge in [0.05, 0.1) is 4.92 Å². The Morgan fingerprint density at radius 2 is 2.40 bits per heavy atom. The molecule has 0 fully saturated rings. The van der Waals surface area contributed by atoms with Crippen LogP contribution < -0.4 is 10.1 Å². The second-order valence-electron chi connectivity index (χ2n) is 3.02. The average Bonchev–Trinajstić information content (AvgIpc) is 2.20. The van der Waals surface area contributed by atoms with Gasteiger partial charge >= 0.3 is 0 Å². The lowest BCUT2D eigenvalue weighted by atomic mass is 10.3. The number of ether oxygens (including phenoxy) is 1. The molecule has 6 heteroatoms. The van der Waals surface area contributed by atoms with Crippen molar-refractivity contribution in [3.8, 4) is 5.88 Å². The summed E-state index contributed by atoms with van der Waals surface area (Å²) in [5, 5.41) is 13.4. The number of aromatic nitrogens is 1. The van der Waals surface area contributed by atoms with E-state index in [0.717, 1.165) is 0 Å². The predicted molar refractivity (Wildman–Crippen MR) is 55.1 cm³/mol. The van der Waals surface area contributed by atoms with Gasteiger partial charge < -0.3 is 10.1 Å². The number of nitrogens with zero attached hydrogens (tertiary/aromatic N) is 2. The first-order valence-corrected chi connectivity index (χ1v) is 4.53. The van der Waals surface area contributed by atoms with Crippen LogP contribution in [0.5, 0.6) is 5.88 Å². The fourth-order valence-corrected chi connectivity index (χ4v) is 1.05. The average molecular weight is 211 g/mol. The molecule has 1 N–H and O–H groups in total. The molecule has 0 aliphatic heterocycles. The van der Waals surface area contributed by atoms with Crippen molar-refractivity contribution in [3.63, 3.8) is 0 Å². The van der Waals surface area contributed by atoms with E-state index < -0.39 is 4.92 Å². The maximum absolute atomic E-state index is 10.4. The van der Waals surface area contributed by atoms with Gasteiger partial charge in [0.2, 0.25) is 5.88 Å². The topological polar surface area (TPSA) is 77.3 Å². The van der Waals surface area contributed by atoms with E-state index in [1.54, 1.807) is 6.92 Å². The van der Waals surface area contributed by atoms with E-state index in [2.05, 4.69) is 10.3 Å². The second-order valence-corrected chi connectivity index (χ2v) is 3.02. The molecule has 1 aromatic heterocycles. The van der Waals surface area contributed by atoms with Gasteiger partial charge in [-0.05, 0) is 14.0 Å². The van der Waals surface area contributed by atoms with E-state index in [9.17, 15) is 10.1 Å². The van der Waals surface area contributed by atoms with Gasteiger partial charge in [-0.1, -0.05) is 0 Å². The number of hydrogen-bond acceptors (Lipinski definition) is 5. The van der Waals surface area contributed by atoms with E-state index in [1.807, 2.05) is 7.05 Å². The molecule has 0 spiro atoms. The van der Waals surface area contributed by atoms with Crippen LogP contribution in [0.3, 0.4) is 0 Å². The quantitative estimate of drug-likeness (QED) is 0.444. The third-order valence-corrected chi connectivity index (χ3v) is 1.82. The third-order valence-electron chi connectivity index (χ3n) is 1.82. The van der Waals surface area contributed by atoms with E-state index in [1.165, 1.54) is 12.3 Å². The van der Waals surface area contributed by atoms with Crippen molar-refractivity contribution in [1.82, 2.24) is 10.3 Å². The first kappa shape index (κ1) is 11.4. The molecular weight excluding hydrogens is 198 g/mol. The number of aryl methyl sites for hydroxylation is 1. The van der Waals surface area contributed by atoms with Gasteiger partial charge in [-0.2, -0.15) is 0 Å². The smallest absolute Gasteiger partial charge is 0.288 e. The minimum absolute atomic E-state index is 0.0199. The summed E-state index contributed by atoms with van der Waals surface area (Å²) in [4.78, 5) is 13.8. The lowest BCUT2D eigenvalue weighted by molar-refractivity contribution is -0.385. The molecule has 0 saturated carbocycles. The van der Waals surface area contributed by atoms with E-state index in [-0.39, 0.29) is 5.69 Å². The van der Waals surface area contributed by atoms with Crippen LogP contribution >= 0.6 is 0 Å². The zero-order valence-corrected chi connectivity index (χ0v) is 8.69. The number of likely N-dealkylation sites (N-methyl/N-ethyl adjacent to an activating group) is 1. The fraction of sp³-hybridized carbons (Fsp3) is 0.444. The van der Waals surface area contributed by atoms with E-state index in [4.69, 9.17) is 4.74 Å². The molecular formula is C9H13N3O3. The molecule has 0 aromatic carbocycles. The summed E-state index contributed by atoms with van der Waals surface area (Å²) in [5.74, 6) is 0.441. The van der Waals surface area contributed by atoms with E-state index >= 15 is 0 Å². The first-order valence-electron chi connectivity index (χ1n) is 4.53. The Hall–Kier alpha value is -1.69. The SMILES string of the molecule is CNCCOc1ncc([N+](=O)[O-])cc1C. The Labute approximate surface area is 87.4 Å². The molecule has 0 unspecified atom stereocenters. The number of nitro groups is 1. The summed E-state index contributed by atoms with van der Waals surface area (Å²) < 4.78 is 5.32. The molecule has 1 aromatic rings. The van der Waals surface area contributed by atoms with Gasteiger partial charge in [0.25, 0.3) is 5.69 Å². The fourth-order valence-electron chi connectivity index (χ4n) is 1.05. The summed E-state index contributed by atoms with van der Waals surface area (Å²) in [5.41, 5.74) is 0.647. The van der Waals surface area contributed by atoms with Crippen LogP contribution in [0.4, 0.5) is 5.69 Å². The number of nitrogens with one attached hydrogen (secondary N) is 1. The molecule has 82 valence electrons. The van der Waals surface area contributed by atoms with Gasteiger partial charge in [-0.25, -0.2) is 4.98 Å². The molecule has 6 nitrogen and oxygen atoms in total. The van der Waals surface area contributed by atoms with E-state index in [0.29, 0.717) is 24.6 Å². The highest BCUT2D eigenvalue weighted by atomic mass is 16.6. The Balaban J connectivity index is 2.70. The lowest BCUT2D eigenvalue weighted by Crippen LogP contribution is -2.16. The minimum atomic E-state index is -0.475. The predicted octanol–water partition coefficient (Wildman–Crippen LogP) is 0.896. The number of rotatable bonds is 5.